The predicted octanol–water partition coefficient (Wildman–Crippen LogP) is -0.403. The van der Waals surface area contributed by atoms with Gasteiger partial charge in [-0.25, -0.2) is 0 Å². The Labute approximate surface area is 214 Å². The van der Waals surface area contributed by atoms with Gasteiger partial charge in [-0.2, -0.15) is 0 Å². The first-order valence-corrected chi connectivity index (χ1v) is 0. The maximum atomic E-state index is 0. The molecule has 0 nitrogen and oxygen atoms in total. The average molecular weight is 1530 g/mol. The standard InChI is InChI=1S/5Au.In.4Pd. The Morgan fingerprint density at radius 3 is 0.300 bits per heavy atom. The molecular weight excluding hydrogens is 1530 g/mol. The second-order valence-electron chi connectivity index (χ2n) is 0. The van der Waals surface area contributed by atoms with Gasteiger partial charge in [-0.15, -0.1) is 0 Å². The van der Waals surface area contributed by atoms with Crippen LogP contribution in [0.25, 0.3) is 0 Å². The van der Waals surface area contributed by atoms with Gasteiger partial charge in [0.15, 0.2) is 0 Å². The summed E-state index contributed by atoms with van der Waals surface area (Å²) in [5.41, 5.74) is 0. The Morgan fingerprint density at radius 1 is 0.300 bits per heavy atom. The van der Waals surface area contributed by atoms with E-state index in [1.165, 1.54) is 0 Å². The van der Waals surface area contributed by atoms with Crippen LogP contribution >= 0.6 is 0 Å². The first-order valence-electron chi connectivity index (χ1n) is 0. The van der Waals surface area contributed by atoms with Gasteiger partial charge < -0.3 is 0 Å². The molecule has 0 aromatic carbocycles. The summed E-state index contributed by atoms with van der Waals surface area (Å²) in [6.45, 7) is 0. The van der Waals surface area contributed by atoms with E-state index in [-0.39, 0.29) is 219 Å². The van der Waals surface area contributed by atoms with Crippen LogP contribution < -0.4 is 0 Å². The Balaban J connectivity index is 0. The molecule has 0 rings (SSSR count). The van der Waals surface area contributed by atoms with Crippen LogP contribution in [0.1, 0.15) is 0 Å². The fourth-order valence-electron chi connectivity index (χ4n) is 0. The maximum Gasteiger partial charge on any atom is 0 e. The van der Waals surface area contributed by atoms with E-state index in [0.717, 1.165) is 0 Å². The zero-order valence-electron chi connectivity index (χ0n) is 3.35. The van der Waals surface area contributed by atoms with Gasteiger partial charge >= 0.3 is 0 Å². The minimum Gasteiger partial charge on any atom is 0 e. The topological polar surface area (TPSA) is 0 Å². The van der Waals surface area contributed by atoms with Crippen molar-refractivity contribution in [2.75, 3.05) is 0 Å². The first-order chi connectivity index (χ1) is 0. The normalized spacial score (nSPS) is 0. The van der Waals surface area contributed by atoms with Crippen molar-refractivity contribution >= 4 is 25.8 Å². The Hall–Kier alpha value is 7.22. The molecule has 8 radical (unpaired) electrons. The molecule has 0 amide bonds. The molecule has 10 heavy (non-hydrogen) atoms. The third-order valence-electron chi connectivity index (χ3n) is 0. The van der Waals surface area contributed by atoms with E-state index in [1.54, 1.807) is 0 Å². The molecule has 98 valence electrons. The van der Waals surface area contributed by atoms with E-state index in [0.29, 0.717) is 0 Å². The molecule has 0 aromatic heterocycles. The molecule has 10 heteroatoms. The number of hydrogen-bond acceptors (Lipinski definition) is 0. The SMILES string of the molecule is [Au].[Au].[Au].[Au].[Au].[In].[Pd].[Pd].[Pd].[Pd]. The molecule has 0 aliphatic carbocycles. The van der Waals surface area contributed by atoms with Gasteiger partial charge in [0.05, 0.1) is 0 Å². The Morgan fingerprint density at radius 2 is 0.300 bits per heavy atom. The van der Waals surface area contributed by atoms with Gasteiger partial charge in [-0.05, 0) is 0 Å². The molecule has 0 saturated heterocycles. The maximum absolute atomic E-state index is 0. The van der Waals surface area contributed by atoms with Gasteiger partial charge in [-0.3, -0.25) is 0 Å². The van der Waals surface area contributed by atoms with E-state index in [1.807, 2.05) is 0 Å². The first kappa shape index (κ1) is 86.9. The predicted molar refractivity (Wildman–Crippen MR) is 5.75 cm³/mol. The van der Waals surface area contributed by atoms with Crippen LogP contribution in [-0.2, 0) is 194 Å². The largest absolute Gasteiger partial charge is 0 e. The van der Waals surface area contributed by atoms with E-state index >= 15 is 0 Å². The molecule has 0 aliphatic rings. The summed E-state index contributed by atoms with van der Waals surface area (Å²) in [5, 5.41) is 0. The molecule has 0 atom stereocenters. The molecule has 0 heterocycles. The summed E-state index contributed by atoms with van der Waals surface area (Å²) < 4.78 is 0. The Kier molecular flexibility index (Phi) is 626. The van der Waals surface area contributed by atoms with Crippen LogP contribution in [0.15, 0.2) is 0 Å². The summed E-state index contributed by atoms with van der Waals surface area (Å²) >= 11 is 0. The number of rotatable bonds is 0. The van der Waals surface area contributed by atoms with Crippen LogP contribution in [-0.4, -0.2) is 25.8 Å². The van der Waals surface area contributed by atoms with Crippen molar-refractivity contribution in [2.24, 2.45) is 0 Å². The minimum atomic E-state index is 0. The molecule has 0 spiro atoms. The van der Waals surface area contributed by atoms with Crippen molar-refractivity contribution in [3.05, 3.63) is 0 Å². The fourth-order valence-corrected chi connectivity index (χ4v) is 0. The monoisotopic (exact) mass is 1520 g/mol. The van der Waals surface area contributed by atoms with Gasteiger partial charge in [0.25, 0.3) is 0 Å². The van der Waals surface area contributed by atoms with Crippen molar-refractivity contribution in [2.45, 2.75) is 0 Å². The van der Waals surface area contributed by atoms with Crippen molar-refractivity contribution in [3.8, 4) is 0 Å². The van der Waals surface area contributed by atoms with Gasteiger partial charge in [-0.1, -0.05) is 0 Å². The van der Waals surface area contributed by atoms with Gasteiger partial charge in [0.2, 0.25) is 0 Å². The average Bonchev–Trinajstić information content (AvgIpc) is 0. The van der Waals surface area contributed by atoms with E-state index in [4.69, 9.17) is 0 Å². The molecule has 0 aromatic rings. The second-order valence-corrected chi connectivity index (χ2v) is 0. The van der Waals surface area contributed by atoms with Crippen molar-refractivity contribution < 1.29 is 194 Å². The fraction of sp³-hybridized carbons (Fsp3) is 0. The summed E-state index contributed by atoms with van der Waals surface area (Å²) in [5.74, 6) is 0. The summed E-state index contributed by atoms with van der Waals surface area (Å²) in [4.78, 5) is 0. The molecule has 0 bridgehead atoms. The zero-order valence-corrected chi connectivity index (χ0v) is 23.7. The van der Waals surface area contributed by atoms with E-state index in [2.05, 4.69) is 0 Å². The quantitative estimate of drug-likeness (QED) is 0.291. The smallest absolute Gasteiger partial charge is 0 e. The molecular formula is Au5InPd4. The van der Waals surface area contributed by atoms with Gasteiger partial charge in [0, 0.05) is 219 Å². The number of hydrogen-bond donors (Lipinski definition) is 0. The second kappa shape index (κ2) is 72.1. The minimum absolute atomic E-state index is 0. The van der Waals surface area contributed by atoms with Crippen molar-refractivity contribution in [1.29, 1.82) is 0 Å². The van der Waals surface area contributed by atoms with Crippen LogP contribution in [0.4, 0.5) is 0 Å². The third-order valence-corrected chi connectivity index (χ3v) is 0. The summed E-state index contributed by atoms with van der Waals surface area (Å²) in [6, 6.07) is 0. The van der Waals surface area contributed by atoms with Crippen LogP contribution in [0, 0.1) is 0 Å². The van der Waals surface area contributed by atoms with Crippen LogP contribution in [0.2, 0.25) is 0 Å². The molecule has 0 fully saturated rings. The molecule has 0 unspecified atom stereocenters. The molecule has 0 N–H and O–H groups in total. The molecule has 0 aliphatic heterocycles. The van der Waals surface area contributed by atoms with Gasteiger partial charge in [0.1, 0.15) is 0 Å². The third kappa shape index (κ3) is 59.0. The molecule has 0 saturated carbocycles. The van der Waals surface area contributed by atoms with Crippen molar-refractivity contribution in [3.63, 3.8) is 0 Å². The van der Waals surface area contributed by atoms with Crippen LogP contribution in [0.3, 0.4) is 0 Å². The van der Waals surface area contributed by atoms with E-state index < -0.39 is 0 Å². The Bertz CT molecular complexity index is 13.6. The van der Waals surface area contributed by atoms with E-state index in [9.17, 15) is 0 Å². The zero-order chi connectivity index (χ0) is 0. The van der Waals surface area contributed by atoms with Crippen molar-refractivity contribution in [1.82, 2.24) is 0 Å². The van der Waals surface area contributed by atoms with Crippen LogP contribution in [0.5, 0.6) is 0 Å². The summed E-state index contributed by atoms with van der Waals surface area (Å²) in [7, 11) is 0. The summed E-state index contributed by atoms with van der Waals surface area (Å²) in [6.07, 6.45) is 0.